The van der Waals surface area contributed by atoms with Crippen molar-refractivity contribution in [2.45, 2.75) is 39.2 Å². The molecule has 2 aromatic carbocycles. The van der Waals surface area contributed by atoms with Gasteiger partial charge in [-0.25, -0.2) is 4.79 Å². The standard InChI is InChI=1S/C22H27NO4/c1-21(2,3)20(25)27-22(9-11-23-12-10-22)16-13-15-7-5-6-8-17(15)18(14-16)19(24)26-4/h5-8,13-14,23H,9-12H2,1-4H3. The second-order valence-electron chi connectivity index (χ2n) is 8.12. The molecule has 5 heteroatoms. The molecular weight excluding hydrogens is 342 g/mol. The summed E-state index contributed by atoms with van der Waals surface area (Å²) in [5, 5.41) is 5.09. The maximum absolute atomic E-state index is 12.7. The summed E-state index contributed by atoms with van der Waals surface area (Å²) in [7, 11) is 1.38. The van der Waals surface area contributed by atoms with E-state index in [4.69, 9.17) is 9.47 Å². The maximum Gasteiger partial charge on any atom is 0.338 e. The number of nitrogens with one attached hydrogen (secondary N) is 1. The SMILES string of the molecule is COC(=O)c1cc(C2(OC(=O)C(C)(C)C)CCNCC2)cc2ccccc12. The van der Waals surface area contributed by atoms with Crippen LogP contribution in [0.4, 0.5) is 0 Å². The van der Waals surface area contributed by atoms with Crippen molar-refractivity contribution in [3.8, 4) is 0 Å². The smallest absolute Gasteiger partial charge is 0.338 e. The second-order valence-corrected chi connectivity index (χ2v) is 8.12. The number of rotatable bonds is 3. The molecule has 1 saturated heterocycles. The number of fused-ring (bicyclic) bond motifs is 1. The predicted octanol–water partition coefficient (Wildman–Crippen LogP) is 3.79. The molecule has 1 heterocycles. The van der Waals surface area contributed by atoms with Crippen molar-refractivity contribution < 1.29 is 19.1 Å². The van der Waals surface area contributed by atoms with Crippen molar-refractivity contribution >= 4 is 22.7 Å². The van der Waals surface area contributed by atoms with Gasteiger partial charge in [0.25, 0.3) is 0 Å². The third-order valence-corrected chi connectivity index (χ3v) is 5.10. The molecule has 0 spiro atoms. The Morgan fingerprint density at radius 2 is 1.74 bits per heavy atom. The quantitative estimate of drug-likeness (QED) is 0.834. The normalized spacial score (nSPS) is 16.7. The number of carbonyl (C=O) groups excluding carboxylic acids is 2. The van der Waals surface area contributed by atoms with Gasteiger partial charge in [0, 0.05) is 12.8 Å². The third kappa shape index (κ3) is 3.83. The molecule has 5 nitrogen and oxygen atoms in total. The number of carbonyl (C=O) groups is 2. The Labute approximate surface area is 160 Å². The predicted molar refractivity (Wildman–Crippen MR) is 105 cm³/mol. The Morgan fingerprint density at radius 1 is 1.07 bits per heavy atom. The van der Waals surface area contributed by atoms with Crippen molar-refractivity contribution in [1.82, 2.24) is 5.32 Å². The van der Waals surface area contributed by atoms with Crippen molar-refractivity contribution in [1.29, 1.82) is 0 Å². The molecule has 0 unspecified atom stereocenters. The fourth-order valence-corrected chi connectivity index (χ4v) is 3.46. The van der Waals surface area contributed by atoms with Crippen LogP contribution in [0.5, 0.6) is 0 Å². The van der Waals surface area contributed by atoms with Gasteiger partial charge in [-0.2, -0.15) is 0 Å². The van der Waals surface area contributed by atoms with Gasteiger partial charge >= 0.3 is 11.9 Å². The zero-order chi connectivity index (χ0) is 19.7. The number of ether oxygens (including phenoxy) is 2. The highest BCUT2D eigenvalue weighted by Crippen LogP contribution is 2.39. The van der Waals surface area contributed by atoms with Crippen LogP contribution in [-0.2, 0) is 19.9 Å². The zero-order valence-corrected chi connectivity index (χ0v) is 16.4. The van der Waals surface area contributed by atoms with Crippen LogP contribution >= 0.6 is 0 Å². The lowest BCUT2D eigenvalue weighted by Gasteiger charge is -2.39. The van der Waals surface area contributed by atoms with Gasteiger partial charge in [-0.1, -0.05) is 24.3 Å². The molecule has 3 rings (SSSR count). The Morgan fingerprint density at radius 3 is 2.37 bits per heavy atom. The van der Waals surface area contributed by atoms with E-state index >= 15 is 0 Å². The molecule has 2 aromatic rings. The van der Waals surface area contributed by atoms with Gasteiger partial charge in [0.15, 0.2) is 0 Å². The van der Waals surface area contributed by atoms with Gasteiger partial charge in [0.05, 0.1) is 18.1 Å². The Bertz CT molecular complexity index is 860. The van der Waals surface area contributed by atoms with Gasteiger partial charge < -0.3 is 14.8 Å². The average Bonchev–Trinajstić information content (AvgIpc) is 2.66. The van der Waals surface area contributed by atoms with Crippen LogP contribution in [0.3, 0.4) is 0 Å². The number of methoxy groups -OCH3 is 1. The van der Waals surface area contributed by atoms with E-state index in [9.17, 15) is 9.59 Å². The minimum absolute atomic E-state index is 0.239. The highest BCUT2D eigenvalue weighted by molar-refractivity contribution is 6.05. The van der Waals surface area contributed by atoms with Crippen LogP contribution in [0.25, 0.3) is 10.8 Å². The first-order valence-electron chi connectivity index (χ1n) is 9.33. The van der Waals surface area contributed by atoms with Gasteiger partial charge in [-0.15, -0.1) is 0 Å². The molecule has 0 atom stereocenters. The lowest BCUT2D eigenvalue weighted by molar-refractivity contribution is -0.174. The summed E-state index contributed by atoms with van der Waals surface area (Å²) in [5.74, 6) is -0.628. The first kappa shape index (κ1) is 19.4. The van der Waals surface area contributed by atoms with Crippen LogP contribution < -0.4 is 5.32 Å². The molecule has 1 aliphatic rings. The highest BCUT2D eigenvalue weighted by atomic mass is 16.6. The van der Waals surface area contributed by atoms with E-state index in [0.717, 1.165) is 29.4 Å². The van der Waals surface area contributed by atoms with E-state index in [-0.39, 0.29) is 11.9 Å². The number of hydrogen-bond acceptors (Lipinski definition) is 5. The van der Waals surface area contributed by atoms with E-state index < -0.39 is 11.0 Å². The molecule has 1 fully saturated rings. The molecule has 0 saturated carbocycles. The minimum atomic E-state index is -0.748. The van der Waals surface area contributed by atoms with Crippen LogP contribution in [0.1, 0.15) is 49.5 Å². The molecule has 27 heavy (non-hydrogen) atoms. The van der Waals surface area contributed by atoms with E-state index in [2.05, 4.69) is 5.32 Å². The van der Waals surface area contributed by atoms with Crippen molar-refractivity contribution in [2.24, 2.45) is 5.41 Å². The zero-order valence-electron chi connectivity index (χ0n) is 16.4. The summed E-state index contributed by atoms with van der Waals surface area (Å²) in [6.45, 7) is 7.05. The van der Waals surface area contributed by atoms with Crippen LogP contribution in [0.2, 0.25) is 0 Å². The largest absolute Gasteiger partial charge is 0.465 e. The van der Waals surface area contributed by atoms with E-state index in [1.807, 2.05) is 57.2 Å². The number of esters is 2. The Balaban J connectivity index is 2.16. The van der Waals surface area contributed by atoms with Gasteiger partial charge in [0.2, 0.25) is 0 Å². The topological polar surface area (TPSA) is 64.6 Å². The molecule has 144 valence electrons. The molecule has 0 bridgehead atoms. The first-order valence-corrected chi connectivity index (χ1v) is 9.33. The van der Waals surface area contributed by atoms with Crippen LogP contribution in [0, 0.1) is 5.41 Å². The lowest BCUT2D eigenvalue weighted by atomic mass is 9.82. The molecule has 0 amide bonds. The summed E-state index contributed by atoms with van der Waals surface area (Å²) in [6, 6.07) is 11.6. The third-order valence-electron chi connectivity index (χ3n) is 5.10. The van der Waals surface area contributed by atoms with Crippen molar-refractivity contribution in [2.75, 3.05) is 20.2 Å². The van der Waals surface area contributed by atoms with Crippen molar-refractivity contribution in [3.05, 3.63) is 47.5 Å². The van der Waals surface area contributed by atoms with Crippen molar-refractivity contribution in [3.63, 3.8) is 0 Å². The fourth-order valence-electron chi connectivity index (χ4n) is 3.46. The summed E-state index contributed by atoms with van der Waals surface area (Å²) in [4.78, 5) is 25.1. The maximum atomic E-state index is 12.7. The average molecular weight is 369 g/mol. The van der Waals surface area contributed by atoms with Gasteiger partial charge in [-0.3, -0.25) is 4.79 Å². The van der Waals surface area contributed by atoms with Crippen LogP contribution in [0.15, 0.2) is 36.4 Å². The second kappa shape index (κ2) is 7.31. The molecule has 1 N–H and O–H groups in total. The first-order chi connectivity index (χ1) is 12.8. The summed E-state index contributed by atoms with van der Waals surface area (Å²) in [5.41, 5.74) is -0.00139. The van der Waals surface area contributed by atoms with E-state index in [1.54, 1.807) is 0 Å². The summed E-state index contributed by atoms with van der Waals surface area (Å²) < 4.78 is 11.1. The molecular formula is C22H27NO4. The Hall–Kier alpha value is -2.40. The highest BCUT2D eigenvalue weighted by Gasteiger charge is 2.41. The number of benzene rings is 2. The van der Waals surface area contributed by atoms with Crippen LogP contribution in [-0.4, -0.2) is 32.1 Å². The number of hydrogen-bond donors (Lipinski definition) is 1. The fraction of sp³-hybridized carbons (Fsp3) is 0.455. The number of piperidine rings is 1. The minimum Gasteiger partial charge on any atom is -0.465 e. The summed E-state index contributed by atoms with van der Waals surface area (Å²) >= 11 is 0. The monoisotopic (exact) mass is 369 g/mol. The van der Waals surface area contributed by atoms with Gasteiger partial charge in [-0.05, 0) is 62.3 Å². The molecule has 1 aliphatic heterocycles. The van der Waals surface area contributed by atoms with Gasteiger partial charge in [0.1, 0.15) is 5.60 Å². The molecule has 0 aromatic heterocycles. The van der Waals surface area contributed by atoms with E-state index in [0.29, 0.717) is 18.4 Å². The van der Waals surface area contributed by atoms with E-state index in [1.165, 1.54) is 7.11 Å². The Kier molecular flexibility index (Phi) is 5.24. The lowest BCUT2D eigenvalue weighted by Crippen LogP contribution is -2.45. The summed E-state index contributed by atoms with van der Waals surface area (Å²) in [6.07, 6.45) is 1.32. The molecule has 0 aliphatic carbocycles. The molecule has 0 radical (unpaired) electrons.